The topological polar surface area (TPSA) is 160 Å². The molecule has 27 heavy (non-hydrogen) atoms. The molecule has 142 valence electrons. The third kappa shape index (κ3) is 4.56. The fourth-order valence-corrected chi connectivity index (χ4v) is 2.26. The molecule has 3 N–H and O–H groups in total. The van der Waals surface area contributed by atoms with Gasteiger partial charge in [0, 0.05) is 18.2 Å². The number of aromatic amines is 1. The van der Waals surface area contributed by atoms with E-state index in [1.807, 2.05) is 0 Å². The van der Waals surface area contributed by atoms with Crippen LogP contribution >= 0.6 is 0 Å². The predicted octanol–water partition coefficient (Wildman–Crippen LogP) is 0.240. The Hall–Kier alpha value is -3.51. The summed E-state index contributed by atoms with van der Waals surface area (Å²) in [5.41, 5.74) is 4.87. The number of aromatic nitrogens is 2. The maximum atomic E-state index is 11.8. The van der Waals surface area contributed by atoms with Crippen molar-refractivity contribution in [2.75, 3.05) is 18.9 Å². The summed E-state index contributed by atoms with van der Waals surface area (Å²) < 4.78 is 21.8. The second-order valence-electron chi connectivity index (χ2n) is 5.38. The molecule has 0 bridgehead atoms. The Bertz CT molecular complexity index is 897. The number of carbonyl (C=O) groups is 1. The van der Waals surface area contributed by atoms with E-state index in [1.165, 1.54) is 41.1 Å². The Balaban J connectivity index is 1.48. The minimum Gasteiger partial charge on any atom is -0.429 e. The van der Waals surface area contributed by atoms with Gasteiger partial charge in [0.15, 0.2) is 12.1 Å². The number of nitrogen functional groups attached to an aromatic ring is 1. The first-order chi connectivity index (χ1) is 12.9. The van der Waals surface area contributed by atoms with Crippen molar-refractivity contribution in [3.05, 3.63) is 57.1 Å². The highest BCUT2D eigenvalue weighted by atomic mass is 16.8. The van der Waals surface area contributed by atoms with Gasteiger partial charge in [0.05, 0.1) is 4.92 Å². The van der Waals surface area contributed by atoms with E-state index in [0.29, 0.717) is 0 Å². The second-order valence-corrected chi connectivity index (χ2v) is 5.38. The predicted molar refractivity (Wildman–Crippen MR) is 86.6 cm³/mol. The number of benzene rings is 1. The Morgan fingerprint density at radius 2 is 2.11 bits per heavy atom. The van der Waals surface area contributed by atoms with Gasteiger partial charge in [0.2, 0.25) is 6.23 Å². The van der Waals surface area contributed by atoms with Gasteiger partial charge in [-0.15, -0.1) is 0 Å². The smallest absolute Gasteiger partial charge is 0.429 e. The van der Waals surface area contributed by atoms with Crippen LogP contribution in [0.15, 0.2) is 41.3 Å². The summed E-state index contributed by atoms with van der Waals surface area (Å²) in [5, 5.41) is 10.6. The van der Waals surface area contributed by atoms with Gasteiger partial charge in [-0.2, -0.15) is 14.3 Å². The van der Waals surface area contributed by atoms with Crippen molar-refractivity contribution in [1.82, 2.24) is 4.98 Å². The van der Waals surface area contributed by atoms with E-state index in [4.69, 9.17) is 24.7 Å². The third-order valence-electron chi connectivity index (χ3n) is 3.53. The molecule has 1 saturated heterocycles. The molecule has 12 nitrogen and oxygen atoms in total. The zero-order chi connectivity index (χ0) is 19.4. The molecular weight excluding hydrogens is 364 g/mol. The summed E-state index contributed by atoms with van der Waals surface area (Å²) in [6, 6.07) is 6.41. The highest BCUT2D eigenvalue weighted by Crippen LogP contribution is 2.19. The monoisotopic (exact) mass is 379 g/mol. The number of ether oxygens (including phenoxy) is 4. The molecule has 0 unspecified atom stereocenters. The number of hydrogen-bond acceptors (Lipinski definition) is 9. The van der Waals surface area contributed by atoms with Crippen molar-refractivity contribution in [2.45, 2.75) is 12.5 Å². The molecule has 2 heterocycles. The fraction of sp³-hybridized carbons (Fsp3) is 0.267. The summed E-state index contributed by atoms with van der Waals surface area (Å²) in [4.78, 5) is 35.9. The highest BCUT2D eigenvalue weighted by molar-refractivity contribution is 5.64. The van der Waals surface area contributed by atoms with Gasteiger partial charge >= 0.3 is 11.8 Å². The number of hydrogen-bond donors (Lipinski definition) is 2. The van der Waals surface area contributed by atoms with Gasteiger partial charge < -0.3 is 24.7 Å². The van der Waals surface area contributed by atoms with Crippen LogP contribution in [0.1, 0.15) is 6.23 Å². The van der Waals surface area contributed by atoms with E-state index in [9.17, 15) is 19.7 Å². The number of H-pyrrole nitrogens is 1. The molecule has 1 fully saturated rings. The van der Waals surface area contributed by atoms with Gasteiger partial charge in [0.1, 0.15) is 25.2 Å². The maximum Gasteiger partial charge on any atom is 0.514 e. The van der Waals surface area contributed by atoms with Crippen molar-refractivity contribution >= 4 is 17.7 Å². The zero-order valence-electron chi connectivity index (χ0n) is 13.8. The van der Waals surface area contributed by atoms with Crippen LogP contribution in [-0.4, -0.2) is 35.6 Å². The fourth-order valence-electron chi connectivity index (χ4n) is 2.26. The lowest BCUT2D eigenvalue weighted by atomic mass is 10.3. The molecular formula is C15H15N4O8+. The van der Waals surface area contributed by atoms with Crippen LogP contribution in [-0.2, 0) is 14.2 Å². The summed E-state index contributed by atoms with van der Waals surface area (Å²) in [6.45, 7) is -0.196. The number of nitrogens with two attached hydrogens (primary N) is 1. The van der Waals surface area contributed by atoms with Crippen molar-refractivity contribution in [2.24, 2.45) is 0 Å². The van der Waals surface area contributed by atoms with E-state index >= 15 is 0 Å². The van der Waals surface area contributed by atoms with E-state index < -0.39 is 29.3 Å². The molecule has 0 spiro atoms. The maximum absolute atomic E-state index is 11.8. The normalized spacial score (nSPS) is 18.8. The lowest BCUT2D eigenvalue weighted by Crippen LogP contribution is -2.55. The molecule has 1 aliphatic rings. The molecule has 0 radical (unpaired) electrons. The van der Waals surface area contributed by atoms with Gasteiger partial charge in [-0.3, -0.25) is 10.1 Å². The van der Waals surface area contributed by atoms with Crippen LogP contribution < -0.4 is 20.7 Å². The van der Waals surface area contributed by atoms with Gasteiger partial charge in [-0.1, -0.05) is 0 Å². The summed E-state index contributed by atoms with van der Waals surface area (Å²) in [7, 11) is 0. The number of non-ortho nitro benzene ring substituents is 1. The van der Waals surface area contributed by atoms with E-state index in [-0.39, 0.29) is 30.5 Å². The summed E-state index contributed by atoms with van der Waals surface area (Å²) in [5.74, 6) is 0.296. The van der Waals surface area contributed by atoms with Crippen LogP contribution in [0.5, 0.6) is 5.75 Å². The Kier molecular flexibility index (Phi) is 5.28. The molecule has 0 amide bonds. The minimum absolute atomic E-state index is 0.0725. The summed E-state index contributed by atoms with van der Waals surface area (Å²) >= 11 is 0. The molecule has 2 aromatic rings. The van der Waals surface area contributed by atoms with Crippen molar-refractivity contribution in [1.29, 1.82) is 0 Å². The van der Waals surface area contributed by atoms with Gasteiger partial charge in [-0.25, -0.2) is 4.79 Å². The summed E-state index contributed by atoms with van der Waals surface area (Å²) in [6.07, 6.45) is -1.16. The number of nitrogens with one attached hydrogen (secondary N) is 1. The number of carbonyl (C=O) groups excluding carboxylic acids is 1. The first-order valence-corrected chi connectivity index (χ1v) is 7.68. The Labute approximate surface area is 151 Å². The van der Waals surface area contributed by atoms with Crippen LogP contribution in [0, 0.1) is 10.1 Å². The number of nitro benzene ring substituents is 1. The van der Waals surface area contributed by atoms with Gasteiger partial charge in [0.25, 0.3) is 5.69 Å². The molecule has 3 rings (SSSR count). The van der Waals surface area contributed by atoms with Crippen molar-refractivity contribution < 1.29 is 33.2 Å². The largest absolute Gasteiger partial charge is 0.514 e. The average molecular weight is 379 g/mol. The number of rotatable bonds is 5. The van der Waals surface area contributed by atoms with Crippen LogP contribution in [0.4, 0.5) is 16.3 Å². The highest BCUT2D eigenvalue weighted by Gasteiger charge is 2.33. The third-order valence-corrected chi connectivity index (χ3v) is 3.53. The standard InChI is InChI=1S/C15H14N4O8/c16-11-5-6-18(14(20)17-11)12-7-24-13(27-12)8-25-15(21)26-10-3-1-9(2-4-10)19(22)23/h1-6,12-13H,7-8H2,(H2,16,17,20)/p+1/t12-,13-/m0/s1. The first-order valence-electron chi connectivity index (χ1n) is 7.68. The SMILES string of the molecule is Nc1cc[n+]([C@@H]2CO[C@H](COC(=O)Oc3ccc([N+](=O)[O-])cc3)O2)c(=O)[nH]1. The molecule has 0 saturated carbocycles. The van der Waals surface area contributed by atoms with Gasteiger partial charge in [-0.05, 0) is 12.1 Å². The van der Waals surface area contributed by atoms with E-state index in [0.717, 1.165) is 0 Å². The number of nitro groups is 1. The van der Waals surface area contributed by atoms with Crippen molar-refractivity contribution in [3.8, 4) is 5.75 Å². The molecule has 12 heteroatoms. The second kappa shape index (κ2) is 7.80. The van der Waals surface area contributed by atoms with E-state index in [1.54, 1.807) is 0 Å². The Morgan fingerprint density at radius 3 is 2.78 bits per heavy atom. The quantitative estimate of drug-likeness (QED) is 0.244. The first kappa shape index (κ1) is 18.3. The van der Waals surface area contributed by atoms with Crippen LogP contribution in [0.3, 0.4) is 0 Å². The number of anilines is 1. The van der Waals surface area contributed by atoms with Crippen LogP contribution in [0.2, 0.25) is 0 Å². The molecule has 1 aromatic heterocycles. The lowest BCUT2D eigenvalue weighted by Gasteiger charge is -2.10. The minimum atomic E-state index is -1.03. The molecule has 0 aliphatic carbocycles. The van der Waals surface area contributed by atoms with E-state index in [2.05, 4.69) is 4.98 Å². The molecule has 1 aliphatic heterocycles. The molecule has 2 atom stereocenters. The number of nitrogens with zero attached hydrogens (tertiary/aromatic N) is 2. The van der Waals surface area contributed by atoms with Crippen molar-refractivity contribution in [3.63, 3.8) is 0 Å². The lowest BCUT2D eigenvalue weighted by molar-refractivity contribution is -0.771. The zero-order valence-corrected chi connectivity index (χ0v) is 13.8. The Morgan fingerprint density at radius 1 is 1.37 bits per heavy atom. The average Bonchev–Trinajstić information content (AvgIpc) is 3.09. The molecule has 1 aromatic carbocycles. The van der Waals surface area contributed by atoms with Crippen LogP contribution in [0.25, 0.3) is 0 Å².